The first-order chi connectivity index (χ1) is 10.9. The number of rotatable bonds is 3. The van der Waals surface area contributed by atoms with Crippen molar-refractivity contribution in [1.29, 1.82) is 0 Å². The molecule has 0 unspecified atom stereocenters. The molecule has 1 N–H and O–H groups in total. The van der Waals surface area contributed by atoms with Crippen molar-refractivity contribution in [3.8, 4) is 11.5 Å². The number of ether oxygens (including phenoxy) is 3. The molecule has 2 heterocycles. The number of morpholine rings is 1. The second-order valence-electron chi connectivity index (χ2n) is 5.34. The van der Waals surface area contributed by atoms with Gasteiger partial charge in [0, 0.05) is 36.2 Å². The summed E-state index contributed by atoms with van der Waals surface area (Å²) in [5.41, 5.74) is 3.28. The maximum absolute atomic E-state index is 5.39. The summed E-state index contributed by atoms with van der Waals surface area (Å²) >= 11 is 0. The van der Waals surface area contributed by atoms with Crippen molar-refractivity contribution in [3.63, 3.8) is 0 Å². The van der Waals surface area contributed by atoms with Gasteiger partial charge in [-0.05, 0) is 36.4 Å². The zero-order valence-electron chi connectivity index (χ0n) is 12.2. The molecule has 5 nitrogen and oxygen atoms in total. The van der Waals surface area contributed by atoms with E-state index in [0.717, 1.165) is 49.2 Å². The monoisotopic (exact) mass is 314 g/mol. The molecule has 4 rings (SSSR count). The van der Waals surface area contributed by atoms with Crippen LogP contribution in [0.15, 0.2) is 42.5 Å². The first kappa shape index (κ1) is 15.5. The van der Waals surface area contributed by atoms with E-state index in [1.807, 2.05) is 18.2 Å². The molecular formula is C18H22N2O3. The molecule has 0 atom stereocenters. The second kappa shape index (κ2) is 6.79. The van der Waals surface area contributed by atoms with Crippen molar-refractivity contribution in [2.75, 3.05) is 43.3 Å². The largest absolute Gasteiger partial charge is 0.454 e. The van der Waals surface area contributed by atoms with Crippen LogP contribution in [-0.2, 0) is 4.74 Å². The lowest BCUT2D eigenvalue weighted by atomic mass is 10.2. The highest BCUT2D eigenvalue weighted by Crippen LogP contribution is 2.35. The minimum absolute atomic E-state index is 0. The molecule has 122 valence electrons. The Kier molecular flexibility index (Phi) is 4.57. The molecule has 0 aromatic heterocycles. The molecule has 1 saturated heterocycles. The summed E-state index contributed by atoms with van der Waals surface area (Å²) in [4.78, 5) is 2.34. The number of anilines is 3. The van der Waals surface area contributed by atoms with Crippen LogP contribution in [0.1, 0.15) is 7.43 Å². The average molecular weight is 314 g/mol. The first-order valence-corrected chi connectivity index (χ1v) is 7.48. The van der Waals surface area contributed by atoms with Crippen molar-refractivity contribution in [2.24, 2.45) is 0 Å². The van der Waals surface area contributed by atoms with Gasteiger partial charge in [-0.15, -0.1) is 0 Å². The first-order valence-electron chi connectivity index (χ1n) is 7.48. The molecule has 2 aromatic rings. The fourth-order valence-corrected chi connectivity index (χ4v) is 2.72. The number of hydrogen-bond acceptors (Lipinski definition) is 5. The molecule has 1 fully saturated rings. The Hall–Kier alpha value is -2.40. The van der Waals surface area contributed by atoms with Crippen molar-refractivity contribution in [1.82, 2.24) is 0 Å². The fourth-order valence-electron chi connectivity index (χ4n) is 2.72. The van der Waals surface area contributed by atoms with Gasteiger partial charge in [0.2, 0.25) is 6.79 Å². The second-order valence-corrected chi connectivity index (χ2v) is 5.34. The van der Waals surface area contributed by atoms with Crippen LogP contribution in [0.4, 0.5) is 17.1 Å². The molecule has 0 spiro atoms. The molecule has 5 heteroatoms. The van der Waals surface area contributed by atoms with Crippen LogP contribution < -0.4 is 19.7 Å². The number of hydrogen-bond donors (Lipinski definition) is 1. The zero-order chi connectivity index (χ0) is 14.8. The maximum Gasteiger partial charge on any atom is 0.231 e. The highest BCUT2D eigenvalue weighted by Gasteiger charge is 2.13. The lowest BCUT2D eigenvalue weighted by Gasteiger charge is -2.28. The van der Waals surface area contributed by atoms with Crippen LogP contribution in [0.2, 0.25) is 0 Å². The Morgan fingerprint density at radius 2 is 1.52 bits per heavy atom. The molecule has 2 aromatic carbocycles. The minimum Gasteiger partial charge on any atom is -0.454 e. The van der Waals surface area contributed by atoms with Crippen molar-refractivity contribution >= 4 is 17.1 Å². The quantitative estimate of drug-likeness (QED) is 0.937. The standard InChI is InChI=1S/C17H18N2O3.CH4/c1-4-15(19-7-9-20-10-8-19)5-2-13(1)18-14-3-6-16-17(11-14)22-12-21-16;/h1-6,11,18H,7-10,12H2;1H4. The summed E-state index contributed by atoms with van der Waals surface area (Å²) in [6.07, 6.45) is 0. The van der Waals surface area contributed by atoms with Crippen LogP contribution in [0.25, 0.3) is 0 Å². The normalized spacial score (nSPS) is 15.9. The summed E-state index contributed by atoms with van der Waals surface area (Å²) in [5, 5.41) is 3.38. The Morgan fingerprint density at radius 3 is 2.30 bits per heavy atom. The summed E-state index contributed by atoms with van der Waals surface area (Å²) in [7, 11) is 0. The van der Waals surface area contributed by atoms with Gasteiger partial charge in [0.25, 0.3) is 0 Å². The van der Waals surface area contributed by atoms with E-state index in [9.17, 15) is 0 Å². The third-order valence-corrected chi connectivity index (χ3v) is 3.90. The molecule has 0 bridgehead atoms. The summed E-state index contributed by atoms with van der Waals surface area (Å²) < 4.78 is 16.1. The van der Waals surface area contributed by atoms with Crippen molar-refractivity contribution in [3.05, 3.63) is 42.5 Å². The molecule has 2 aliphatic heterocycles. The number of nitrogens with one attached hydrogen (secondary N) is 1. The zero-order valence-corrected chi connectivity index (χ0v) is 12.2. The van der Waals surface area contributed by atoms with Crippen LogP contribution in [0.3, 0.4) is 0 Å². The van der Waals surface area contributed by atoms with Gasteiger partial charge in [0.1, 0.15) is 0 Å². The van der Waals surface area contributed by atoms with Crippen LogP contribution in [0.5, 0.6) is 11.5 Å². The van der Waals surface area contributed by atoms with E-state index in [2.05, 4.69) is 34.5 Å². The highest BCUT2D eigenvalue weighted by atomic mass is 16.7. The van der Waals surface area contributed by atoms with Gasteiger partial charge in [-0.3, -0.25) is 0 Å². The van der Waals surface area contributed by atoms with E-state index in [-0.39, 0.29) is 7.43 Å². The third kappa shape index (κ3) is 3.35. The van der Waals surface area contributed by atoms with E-state index in [4.69, 9.17) is 14.2 Å². The smallest absolute Gasteiger partial charge is 0.231 e. The molecule has 0 aliphatic carbocycles. The van der Waals surface area contributed by atoms with Gasteiger partial charge in [-0.1, -0.05) is 7.43 Å². The van der Waals surface area contributed by atoms with Gasteiger partial charge >= 0.3 is 0 Å². The summed E-state index contributed by atoms with van der Waals surface area (Å²) in [6, 6.07) is 14.3. The lowest BCUT2D eigenvalue weighted by molar-refractivity contribution is 0.122. The van der Waals surface area contributed by atoms with Gasteiger partial charge in [-0.25, -0.2) is 0 Å². The Morgan fingerprint density at radius 1 is 0.826 bits per heavy atom. The van der Waals surface area contributed by atoms with Gasteiger partial charge in [0.15, 0.2) is 11.5 Å². The fraction of sp³-hybridized carbons (Fsp3) is 0.333. The van der Waals surface area contributed by atoms with Crippen LogP contribution in [0, 0.1) is 0 Å². The predicted molar refractivity (Wildman–Crippen MR) is 92.1 cm³/mol. The Bertz CT molecular complexity index is 652. The third-order valence-electron chi connectivity index (χ3n) is 3.90. The number of fused-ring (bicyclic) bond motifs is 1. The lowest BCUT2D eigenvalue weighted by Crippen LogP contribution is -2.36. The van der Waals surface area contributed by atoms with Crippen molar-refractivity contribution in [2.45, 2.75) is 7.43 Å². The highest BCUT2D eigenvalue weighted by molar-refractivity contribution is 5.66. The molecule has 23 heavy (non-hydrogen) atoms. The maximum atomic E-state index is 5.39. The minimum atomic E-state index is 0. The van der Waals surface area contributed by atoms with E-state index in [0.29, 0.717) is 6.79 Å². The van der Waals surface area contributed by atoms with Crippen molar-refractivity contribution < 1.29 is 14.2 Å². The Labute approximate surface area is 136 Å². The van der Waals surface area contributed by atoms with E-state index in [1.54, 1.807) is 0 Å². The van der Waals surface area contributed by atoms with Gasteiger partial charge in [0.05, 0.1) is 13.2 Å². The number of nitrogens with zero attached hydrogens (tertiary/aromatic N) is 1. The molecule has 0 saturated carbocycles. The topological polar surface area (TPSA) is 43.0 Å². The van der Waals surface area contributed by atoms with E-state index >= 15 is 0 Å². The molecule has 0 radical (unpaired) electrons. The van der Waals surface area contributed by atoms with Crippen LogP contribution in [-0.4, -0.2) is 33.1 Å². The van der Waals surface area contributed by atoms with Crippen LogP contribution >= 0.6 is 0 Å². The molecule has 2 aliphatic rings. The predicted octanol–water partition coefficient (Wildman–Crippen LogP) is 3.63. The average Bonchev–Trinajstić information content (AvgIpc) is 3.04. The van der Waals surface area contributed by atoms with E-state index in [1.165, 1.54) is 5.69 Å². The molecule has 0 amide bonds. The number of benzene rings is 2. The van der Waals surface area contributed by atoms with E-state index < -0.39 is 0 Å². The summed E-state index contributed by atoms with van der Waals surface area (Å²) in [5.74, 6) is 1.59. The summed E-state index contributed by atoms with van der Waals surface area (Å²) in [6.45, 7) is 3.81. The molecular weight excluding hydrogens is 292 g/mol. The SMILES string of the molecule is C.c1cc(N2CCOCC2)ccc1Nc1ccc2c(c1)OCO2. The van der Waals surface area contributed by atoms with Gasteiger partial charge < -0.3 is 24.4 Å². The van der Waals surface area contributed by atoms with Gasteiger partial charge in [-0.2, -0.15) is 0 Å². The Balaban J connectivity index is 0.00000156.